The topological polar surface area (TPSA) is 86.8 Å². The van der Waals surface area contributed by atoms with Crippen LogP contribution in [0, 0.1) is 5.82 Å². The summed E-state index contributed by atoms with van der Waals surface area (Å²) in [5, 5.41) is 2.71. The number of halogens is 1. The predicted molar refractivity (Wildman–Crippen MR) is 95.6 cm³/mol. The van der Waals surface area contributed by atoms with E-state index in [-0.39, 0.29) is 24.6 Å². The van der Waals surface area contributed by atoms with Gasteiger partial charge in [-0.05, 0) is 30.7 Å². The van der Waals surface area contributed by atoms with Crippen molar-refractivity contribution < 1.29 is 22.4 Å². The maximum atomic E-state index is 13.0. The lowest BCUT2D eigenvalue weighted by Gasteiger charge is -2.35. The van der Waals surface area contributed by atoms with Crippen LogP contribution < -0.4 is 5.32 Å². The highest BCUT2D eigenvalue weighted by Crippen LogP contribution is 2.11. The number of nitrogens with one attached hydrogen (secondary N) is 1. The SMILES string of the molecule is CCC[C@H](NC(=O)c1ccc(F)cc1)C(=O)N1CCN(S(C)(=O)=O)CC1. The summed E-state index contributed by atoms with van der Waals surface area (Å²) < 4.78 is 37.4. The molecule has 7 nitrogen and oxygen atoms in total. The second-order valence-electron chi connectivity index (χ2n) is 6.31. The minimum atomic E-state index is -3.27. The van der Waals surface area contributed by atoms with Gasteiger partial charge in [0.2, 0.25) is 15.9 Å². The third-order valence-electron chi connectivity index (χ3n) is 4.31. The maximum Gasteiger partial charge on any atom is 0.251 e. The van der Waals surface area contributed by atoms with E-state index in [9.17, 15) is 22.4 Å². The van der Waals surface area contributed by atoms with Gasteiger partial charge >= 0.3 is 0 Å². The molecule has 0 radical (unpaired) electrons. The zero-order chi connectivity index (χ0) is 19.3. The van der Waals surface area contributed by atoms with Gasteiger partial charge in [0, 0.05) is 31.7 Å². The Morgan fingerprint density at radius 3 is 2.23 bits per heavy atom. The van der Waals surface area contributed by atoms with Crippen LogP contribution in [0.15, 0.2) is 24.3 Å². The van der Waals surface area contributed by atoms with Crippen LogP contribution in [0.25, 0.3) is 0 Å². The van der Waals surface area contributed by atoms with E-state index < -0.39 is 27.8 Å². The fourth-order valence-corrected chi connectivity index (χ4v) is 3.68. The Morgan fingerprint density at radius 2 is 1.73 bits per heavy atom. The van der Waals surface area contributed by atoms with Crippen LogP contribution >= 0.6 is 0 Å². The number of carbonyl (C=O) groups excluding carboxylic acids is 2. The lowest BCUT2D eigenvalue weighted by Crippen LogP contribution is -2.55. The quantitative estimate of drug-likeness (QED) is 0.786. The van der Waals surface area contributed by atoms with Crippen molar-refractivity contribution >= 4 is 21.8 Å². The second-order valence-corrected chi connectivity index (χ2v) is 8.29. The van der Waals surface area contributed by atoms with Crippen molar-refractivity contribution in [1.29, 1.82) is 0 Å². The molecule has 1 saturated heterocycles. The second kappa shape index (κ2) is 8.59. The molecule has 0 bridgehead atoms. The predicted octanol–water partition coefficient (Wildman–Crippen LogP) is 0.828. The molecule has 1 aliphatic rings. The molecule has 1 atom stereocenters. The molecule has 1 aliphatic heterocycles. The number of piperazine rings is 1. The molecule has 1 aromatic rings. The van der Waals surface area contributed by atoms with E-state index in [1.54, 1.807) is 4.90 Å². The van der Waals surface area contributed by atoms with Crippen molar-refractivity contribution in [3.05, 3.63) is 35.6 Å². The molecule has 2 amide bonds. The van der Waals surface area contributed by atoms with Crippen LogP contribution in [0.2, 0.25) is 0 Å². The minimum absolute atomic E-state index is 0.226. The summed E-state index contributed by atoms with van der Waals surface area (Å²) in [5.41, 5.74) is 0.280. The van der Waals surface area contributed by atoms with E-state index in [0.29, 0.717) is 25.9 Å². The highest BCUT2D eigenvalue weighted by atomic mass is 32.2. The van der Waals surface area contributed by atoms with Crippen molar-refractivity contribution in [2.45, 2.75) is 25.8 Å². The van der Waals surface area contributed by atoms with Crippen molar-refractivity contribution in [3.63, 3.8) is 0 Å². The van der Waals surface area contributed by atoms with Gasteiger partial charge in [0.05, 0.1) is 6.26 Å². The summed E-state index contributed by atoms with van der Waals surface area (Å²) in [4.78, 5) is 26.6. The molecule has 0 saturated carbocycles. The Bertz CT molecular complexity index is 744. The first-order valence-electron chi connectivity index (χ1n) is 8.52. The van der Waals surface area contributed by atoms with Gasteiger partial charge < -0.3 is 10.2 Å². The van der Waals surface area contributed by atoms with E-state index >= 15 is 0 Å². The van der Waals surface area contributed by atoms with Gasteiger partial charge in [-0.2, -0.15) is 4.31 Å². The standard InChI is InChI=1S/C17H24FN3O4S/c1-3-4-15(19-16(22)13-5-7-14(18)8-6-13)17(23)20-9-11-21(12-10-20)26(2,24)25/h5-8,15H,3-4,9-12H2,1-2H3,(H,19,22)/t15-/m0/s1. The summed E-state index contributed by atoms with van der Waals surface area (Å²) in [6.07, 6.45) is 2.31. The normalized spacial score (nSPS) is 17.0. The van der Waals surface area contributed by atoms with E-state index in [2.05, 4.69) is 5.32 Å². The molecule has 9 heteroatoms. The van der Waals surface area contributed by atoms with Crippen molar-refractivity contribution in [2.24, 2.45) is 0 Å². The number of carbonyl (C=O) groups is 2. The largest absolute Gasteiger partial charge is 0.340 e. The Kier molecular flexibility index (Phi) is 6.71. The molecule has 0 spiro atoms. The van der Waals surface area contributed by atoms with E-state index in [1.807, 2.05) is 6.92 Å². The first kappa shape index (κ1) is 20.3. The van der Waals surface area contributed by atoms with Crippen LogP contribution in [0.3, 0.4) is 0 Å². The third-order valence-corrected chi connectivity index (χ3v) is 5.61. The monoisotopic (exact) mass is 385 g/mol. The van der Waals surface area contributed by atoms with Gasteiger partial charge in [-0.1, -0.05) is 13.3 Å². The van der Waals surface area contributed by atoms with Gasteiger partial charge in [0.15, 0.2) is 0 Å². The first-order chi connectivity index (χ1) is 12.2. The fourth-order valence-electron chi connectivity index (χ4n) is 2.85. The van der Waals surface area contributed by atoms with Crippen LogP contribution in [0.5, 0.6) is 0 Å². The first-order valence-corrected chi connectivity index (χ1v) is 10.4. The molecule has 26 heavy (non-hydrogen) atoms. The Labute approximate surface area is 153 Å². The molecular weight excluding hydrogens is 361 g/mol. The number of amides is 2. The lowest BCUT2D eigenvalue weighted by atomic mass is 10.1. The fraction of sp³-hybridized carbons (Fsp3) is 0.529. The number of benzene rings is 1. The molecule has 1 heterocycles. The number of nitrogens with zero attached hydrogens (tertiary/aromatic N) is 2. The summed E-state index contributed by atoms with van der Waals surface area (Å²) in [6, 6.07) is 4.42. The molecule has 1 aromatic carbocycles. The number of rotatable bonds is 6. The molecule has 144 valence electrons. The van der Waals surface area contributed by atoms with Crippen molar-refractivity contribution in [2.75, 3.05) is 32.4 Å². The van der Waals surface area contributed by atoms with E-state index in [4.69, 9.17) is 0 Å². The van der Waals surface area contributed by atoms with Gasteiger partial charge in [-0.3, -0.25) is 9.59 Å². The maximum absolute atomic E-state index is 13.0. The van der Waals surface area contributed by atoms with Gasteiger partial charge in [-0.25, -0.2) is 12.8 Å². The zero-order valence-electron chi connectivity index (χ0n) is 14.9. The number of sulfonamides is 1. The highest BCUT2D eigenvalue weighted by Gasteiger charge is 2.30. The van der Waals surface area contributed by atoms with Gasteiger partial charge in [-0.15, -0.1) is 0 Å². The molecule has 1 N–H and O–H groups in total. The molecule has 0 aromatic heterocycles. The molecule has 0 aliphatic carbocycles. The summed E-state index contributed by atoms with van der Waals surface area (Å²) in [6.45, 7) is 2.98. The molecular formula is C17H24FN3O4S. The molecule has 2 rings (SSSR count). The summed E-state index contributed by atoms with van der Waals surface area (Å²) in [5.74, 6) is -1.10. The number of hydrogen-bond acceptors (Lipinski definition) is 4. The van der Waals surface area contributed by atoms with Crippen LogP contribution in [0.4, 0.5) is 4.39 Å². The Balaban J connectivity index is 2.01. The average molecular weight is 385 g/mol. The van der Waals surface area contributed by atoms with E-state index in [1.165, 1.54) is 28.6 Å². The Morgan fingerprint density at radius 1 is 1.15 bits per heavy atom. The molecule has 1 fully saturated rings. The average Bonchev–Trinajstić information content (AvgIpc) is 2.60. The highest BCUT2D eigenvalue weighted by molar-refractivity contribution is 7.88. The Hall–Kier alpha value is -2.00. The third kappa shape index (κ3) is 5.25. The molecule has 0 unspecified atom stereocenters. The van der Waals surface area contributed by atoms with Crippen molar-refractivity contribution in [3.8, 4) is 0 Å². The van der Waals surface area contributed by atoms with Gasteiger partial charge in [0.25, 0.3) is 5.91 Å². The summed E-state index contributed by atoms with van der Waals surface area (Å²) >= 11 is 0. The zero-order valence-corrected chi connectivity index (χ0v) is 15.8. The smallest absolute Gasteiger partial charge is 0.251 e. The van der Waals surface area contributed by atoms with Crippen LogP contribution in [-0.2, 0) is 14.8 Å². The van der Waals surface area contributed by atoms with Crippen LogP contribution in [0.1, 0.15) is 30.1 Å². The number of hydrogen-bond donors (Lipinski definition) is 1. The minimum Gasteiger partial charge on any atom is -0.340 e. The lowest BCUT2D eigenvalue weighted by molar-refractivity contribution is -0.134. The van der Waals surface area contributed by atoms with E-state index in [0.717, 1.165) is 6.26 Å². The van der Waals surface area contributed by atoms with Crippen LogP contribution in [-0.4, -0.2) is 67.9 Å². The van der Waals surface area contributed by atoms with Gasteiger partial charge in [0.1, 0.15) is 11.9 Å². The van der Waals surface area contributed by atoms with Crippen molar-refractivity contribution in [1.82, 2.24) is 14.5 Å². The summed E-state index contributed by atoms with van der Waals surface area (Å²) in [7, 11) is -3.27.